The molecule has 336 valence electrons. The summed E-state index contributed by atoms with van der Waals surface area (Å²) in [5.74, 6) is 0. The molecule has 16 rings (SSSR count). The minimum absolute atomic E-state index is 0.194. The molecule has 1 heterocycles. The van der Waals surface area contributed by atoms with E-state index in [0.29, 0.717) is 0 Å². The normalized spacial score (nSPS) is 14.2. The van der Waals surface area contributed by atoms with Gasteiger partial charge >= 0.3 is 0 Å². The molecule has 13 aromatic rings. The number of thiophene rings is 1. The molecule has 12 aromatic carbocycles. The Hall–Kier alpha value is -8.56. The van der Waals surface area contributed by atoms with Gasteiger partial charge in [-0.15, -0.1) is 11.3 Å². The Bertz CT molecular complexity index is 4430. The Kier molecular flexibility index (Phi) is 8.10. The molecular weight excluding hydrogens is 887 g/mol. The summed E-state index contributed by atoms with van der Waals surface area (Å²) in [5.41, 5.74) is 21.0. The van der Waals surface area contributed by atoms with Crippen LogP contribution in [0.2, 0.25) is 0 Å². The Labute approximate surface area is 422 Å². The van der Waals surface area contributed by atoms with Crippen LogP contribution in [0.25, 0.3) is 97.0 Å². The van der Waals surface area contributed by atoms with E-state index in [1.54, 1.807) is 0 Å². The van der Waals surface area contributed by atoms with Crippen LogP contribution in [0.1, 0.15) is 47.2 Å². The molecule has 0 bridgehead atoms. The first-order valence-corrected chi connectivity index (χ1v) is 26.1. The van der Waals surface area contributed by atoms with E-state index in [1.165, 1.54) is 130 Å². The van der Waals surface area contributed by atoms with Gasteiger partial charge in [-0.05, 0) is 159 Å². The van der Waals surface area contributed by atoms with E-state index < -0.39 is 5.41 Å². The predicted molar refractivity (Wildman–Crippen MR) is 306 cm³/mol. The van der Waals surface area contributed by atoms with Gasteiger partial charge in [0.1, 0.15) is 0 Å². The molecule has 1 spiro atoms. The highest BCUT2D eigenvalue weighted by Crippen LogP contribution is 2.64. The fourth-order valence-electron chi connectivity index (χ4n) is 13.7. The monoisotopic (exact) mass is 931 g/mol. The molecule has 0 unspecified atom stereocenters. The lowest BCUT2D eigenvalue weighted by Crippen LogP contribution is -2.26. The van der Waals surface area contributed by atoms with Gasteiger partial charge in [0.25, 0.3) is 0 Å². The molecule has 72 heavy (non-hydrogen) atoms. The van der Waals surface area contributed by atoms with Crippen LogP contribution in [-0.4, -0.2) is 0 Å². The molecule has 0 atom stereocenters. The molecule has 0 saturated heterocycles. The lowest BCUT2D eigenvalue weighted by atomic mass is 9.70. The van der Waals surface area contributed by atoms with Crippen LogP contribution in [0.3, 0.4) is 0 Å². The van der Waals surface area contributed by atoms with Gasteiger partial charge in [-0.2, -0.15) is 0 Å². The van der Waals surface area contributed by atoms with Crippen molar-refractivity contribution >= 4 is 80.9 Å². The third-order valence-corrected chi connectivity index (χ3v) is 18.0. The van der Waals surface area contributed by atoms with Gasteiger partial charge < -0.3 is 4.90 Å². The summed E-state index contributed by atoms with van der Waals surface area (Å²) in [6, 6.07) is 90.3. The van der Waals surface area contributed by atoms with Gasteiger partial charge in [-0.3, -0.25) is 0 Å². The zero-order valence-electron chi connectivity index (χ0n) is 39.9. The number of benzene rings is 12. The molecule has 0 saturated carbocycles. The van der Waals surface area contributed by atoms with Gasteiger partial charge in [-0.1, -0.05) is 196 Å². The van der Waals surface area contributed by atoms with Crippen molar-refractivity contribution in [2.24, 2.45) is 0 Å². The Morgan fingerprint density at radius 3 is 1.42 bits per heavy atom. The molecule has 3 aliphatic rings. The van der Waals surface area contributed by atoms with Gasteiger partial charge in [0, 0.05) is 42.5 Å². The van der Waals surface area contributed by atoms with E-state index in [0.717, 1.165) is 17.1 Å². The number of fused-ring (bicyclic) bond motifs is 22. The second-order valence-corrected chi connectivity index (χ2v) is 21.8. The predicted octanol–water partition coefficient (Wildman–Crippen LogP) is 19.3. The van der Waals surface area contributed by atoms with Gasteiger partial charge in [0.05, 0.1) is 11.1 Å². The molecule has 1 aromatic heterocycles. The first-order valence-electron chi connectivity index (χ1n) is 25.2. The minimum atomic E-state index is -0.522. The first-order chi connectivity index (χ1) is 35.5. The zero-order chi connectivity index (χ0) is 47.5. The van der Waals surface area contributed by atoms with Crippen LogP contribution in [0.15, 0.2) is 237 Å². The maximum Gasteiger partial charge on any atom is 0.0726 e. The largest absolute Gasteiger partial charge is 0.310 e. The van der Waals surface area contributed by atoms with E-state index in [4.69, 9.17) is 0 Å². The lowest BCUT2D eigenvalue weighted by molar-refractivity contribution is 0.660. The minimum Gasteiger partial charge on any atom is -0.310 e. The molecule has 0 radical (unpaired) electrons. The van der Waals surface area contributed by atoms with E-state index in [-0.39, 0.29) is 5.41 Å². The maximum atomic E-state index is 2.61. The van der Waals surface area contributed by atoms with Crippen LogP contribution in [-0.2, 0) is 10.8 Å². The summed E-state index contributed by atoms with van der Waals surface area (Å²) >= 11 is 1.88. The summed E-state index contributed by atoms with van der Waals surface area (Å²) in [7, 11) is 0. The van der Waals surface area contributed by atoms with Crippen molar-refractivity contribution in [1.82, 2.24) is 0 Å². The third-order valence-electron chi connectivity index (χ3n) is 16.9. The number of hydrogen-bond donors (Lipinski definition) is 0. The highest BCUT2D eigenvalue weighted by atomic mass is 32.1. The summed E-state index contributed by atoms with van der Waals surface area (Å²) in [6.45, 7) is 4.80. The van der Waals surface area contributed by atoms with E-state index in [1.807, 2.05) is 11.3 Å². The highest BCUT2D eigenvalue weighted by molar-refractivity contribution is 7.25. The maximum absolute atomic E-state index is 2.61. The van der Waals surface area contributed by atoms with Crippen LogP contribution in [0, 0.1) is 0 Å². The summed E-state index contributed by atoms with van der Waals surface area (Å²) in [6.07, 6.45) is 0. The topological polar surface area (TPSA) is 3.24 Å². The average Bonchev–Trinajstić information content (AvgIpc) is 4.12. The number of nitrogens with zero attached hydrogens (tertiary/aromatic N) is 1. The molecule has 0 fully saturated rings. The highest BCUT2D eigenvalue weighted by Gasteiger charge is 2.52. The molecule has 0 amide bonds. The number of anilines is 3. The number of rotatable bonds is 4. The van der Waals surface area contributed by atoms with Crippen molar-refractivity contribution in [2.45, 2.75) is 24.7 Å². The standard InChI is InChI=1S/C70H45NS/c1-69(2)60-26-12-7-21-50(60)54-35-33-44(39-64(54)69)71(43-32-34-49-47-19-4-3-17-45(47)46-18-5-6-20-48(46)57(49)38-43)66-41-65-58(40-56(66)42-31-36-68-59(37-42)55-25-11-16-30-67(55)72-68)53-24-10-15-29-63(53)70(65)61-27-13-8-22-51(61)52-23-9-14-28-62(52)70/h3-41H,1-2H3. The second kappa shape index (κ2) is 14.5. The summed E-state index contributed by atoms with van der Waals surface area (Å²) in [5, 5.41) is 10.2. The van der Waals surface area contributed by atoms with Gasteiger partial charge in [-0.25, -0.2) is 0 Å². The fourth-order valence-corrected chi connectivity index (χ4v) is 14.8. The van der Waals surface area contributed by atoms with E-state index in [9.17, 15) is 0 Å². The van der Waals surface area contributed by atoms with Gasteiger partial charge in [0.2, 0.25) is 0 Å². The Morgan fingerprint density at radius 2 is 0.764 bits per heavy atom. The van der Waals surface area contributed by atoms with Crippen molar-refractivity contribution in [3.8, 4) is 44.5 Å². The average molecular weight is 932 g/mol. The van der Waals surface area contributed by atoms with Crippen molar-refractivity contribution in [3.05, 3.63) is 270 Å². The van der Waals surface area contributed by atoms with Crippen molar-refractivity contribution < 1.29 is 0 Å². The van der Waals surface area contributed by atoms with E-state index in [2.05, 4.69) is 255 Å². The van der Waals surface area contributed by atoms with Crippen molar-refractivity contribution in [1.29, 1.82) is 0 Å². The molecule has 0 N–H and O–H groups in total. The van der Waals surface area contributed by atoms with E-state index >= 15 is 0 Å². The van der Waals surface area contributed by atoms with Crippen molar-refractivity contribution in [2.75, 3.05) is 4.90 Å². The second-order valence-electron chi connectivity index (χ2n) is 20.7. The number of hydrogen-bond acceptors (Lipinski definition) is 2. The smallest absolute Gasteiger partial charge is 0.0726 e. The quantitative estimate of drug-likeness (QED) is 0.159. The van der Waals surface area contributed by atoms with Crippen molar-refractivity contribution in [3.63, 3.8) is 0 Å². The van der Waals surface area contributed by atoms with Gasteiger partial charge in [0.15, 0.2) is 0 Å². The molecule has 3 aliphatic carbocycles. The Balaban J connectivity index is 1.05. The third kappa shape index (κ3) is 5.22. The zero-order valence-corrected chi connectivity index (χ0v) is 40.7. The molecule has 0 aliphatic heterocycles. The van der Waals surface area contributed by atoms with Crippen LogP contribution in [0.4, 0.5) is 17.1 Å². The van der Waals surface area contributed by atoms with Crippen LogP contribution in [0.5, 0.6) is 0 Å². The molecule has 2 heteroatoms. The fraction of sp³-hybridized carbons (Fsp3) is 0.0571. The molecule has 1 nitrogen and oxygen atoms in total. The van der Waals surface area contributed by atoms with Crippen LogP contribution < -0.4 is 4.90 Å². The lowest BCUT2D eigenvalue weighted by Gasteiger charge is -2.34. The summed E-state index contributed by atoms with van der Waals surface area (Å²) in [4.78, 5) is 2.61. The SMILES string of the molecule is CC1(C)c2ccccc2-c2ccc(N(c3ccc4c5ccccc5c5ccccc5c4c3)c3cc4c(cc3-c3ccc5sc6ccccc6c5c3)-c3ccccc3C43c4ccccc4-c4ccccc43)cc21. The molecular formula is C70H45NS. The first kappa shape index (κ1) is 40.2. The summed E-state index contributed by atoms with van der Waals surface area (Å²) < 4.78 is 2.62. The Morgan fingerprint density at radius 1 is 0.292 bits per heavy atom. The van der Waals surface area contributed by atoms with Crippen LogP contribution >= 0.6 is 11.3 Å².